The lowest BCUT2D eigenvalue weighted by Gasteiger charge is -2.17. The van der Waals surface area contributed by atoms with Crippen molar-refractivity contribution < 1.29 is 4.74 Å². The maximum Gasteiger partial charge on any atom is 0.120 e. The summed E-state index contributed by atoms with van der Waals surface area (Å²) in [5, 5.41) is 3.50. The third kappa shape index (κ3) is 4.87. The van der Waals surface area contributed by atoms with Crippen molar-refractivity contribution in [3.8, 4) is 5.75 Å². The van der Waals surface area contributed by atoms with Crippen molar-refractivity contribution in [1.82, 2.24) is 5.32 Å². The Morgan fingerprint density at radius 1 is 1.10 bits per heavy atom. The normalized spacial score (nSPS) is 12.1. The Kier molecular flexibility index (Phi) is 6.27. The summed E-state index contributed by atoms with van der Waals surface area (Å²) in [5.41, 5.74) is 2.45. The molecule has 0 radical (unpaired) electrons. The average molecular weight is 348 g/mol. The largest absolute Gasteiger partial charge is 0.489 e. The van der Waals surface area contributed by atoms with Gasteiger partial charge in [0.15, 0.2) is 0 Å². The first kappa shape index (κ1) is 16.1. The van der Waals surface area contributed by atoms with Gasteiger partial charge in [-0.05, 0) is 48.4 Å². The van der Waals surface area contributed by atoms with E-state index in [-0.39, 0.29) is 0 Å². The summed E-state index contributed by atoms with van der Waals surface area (Å²) in [6.07, 6.45) is 1.07. The molecule has 2 nitrogen and oxygen atoms in total. The number of benzene rings is 2. The van der Waals surface area contributed by atoms with Gasteiger partial charge in [-0.25, -0.2) is 0 Å². The maximum absolute atomic E-state index is 5.90. The molecule has 0 aliphatic rings. The summed E-state index contributed by atoms with van der Waals surface area (Å²) in [4.78, 5) is 0. The van der Waals surface area contributed by atoms with Gasteiger partial charge in [-0.2, -0.15) is 0 Å². The molecule has 2 aromatic carbocycles. The molecule has 1 atom stereocenters. The Morgan fingerprint density at radius 2 is 1.86 bits per heavy atom. The van der Waals surface area contributed by atoms with Crippen LogP contribution in [0.1, 0.15) is 37.4 Å². The van der Waals surface area contributed by atoms with Gasteiger partial charge in [0.05, 0.1) is 0 Å². The van der Waals surface area contributed by atoms with Gasteiger partial charge in [0.2, 0.25) is 0 Å². The summed E-state index contributed by atoms with van der Waals surface area (Å²) in [5.74, 6) is 0.923. The predicted octanol–water partition coefficient (Wildman–Crippen LogP) is 5.09. The van der Waals surface area contributed by atoms with Crippen LogP contribution in [0.4, 0.5) is 0 Å². The molecule has 2 rings (SSSR count). The van der Waals surface area contributed by atoms with E-state index in [1.54, 1.807) is 0 Å². The third-order valence-electron chi connectivity index (χ3n) is 3.44. The minimum atomic E-state index is 0.395. The fourth-order valence-electron chi connectivity index (χ4n) is 2.31. The van der Waals surface area contributed by atoms with E-state index >= 15 is 0 Å². The van der Waals surface area contributed by atoms with Crippen LogP contribution in [0.15, 0.2) is 53.0 Å². The molecule has 0 amide bonds. The minimum Gasteiger partial charge on any atom is -0.489 e. The second-order valence-corrected chi connectivity index (χ2v) is 5.92. The molecular formula is C18H22BrNO. The molecule has 0 bridgehead atoms. The number of halogens is 1. The molecule has 112 valence electrons. The quantitative estimate of drug-likeness (QED) is 0.753. The SMILES string of the molecule is CCNC(CC)c1cccc(OCc2ccc(Br)cc2)c1. The van der Waals surface area contributed by atoms with Crippen molar-refractivity contribution in [2.24, 2.45) is 0 Å². The first-order valence-electron chi connectivity index (χ1n) is 7.43. The second-order valence-electron chi connectivity index (χ2n) is 5.01. The van der Waals surface area contributed by atoms with Gasteiger partial charge in [0.25, 0.3) is 0 Å². The molecule has 0 saturated carbocycles. The summed E-state index contributed by atoms with van der Waals surface area (Å²) < 4.78 is 6.99. The standard InChI is InChI=1S/C18H22BrNO/c1-3-18(20-4-2)15-6-5-7-17(12-15)21-13-14-8-10-16(19)11-9-14/h5-12,18,20H,3-4,13H2,1-2H3. The van der Waals surface area contributed by atoms with Crippen LogP contribution in [0.25, 0.3) is 0 Å². The molecule has 0 saturated heterocycles. The molecule has 0 fully saturated rings. The monoisotopic (exact) mass is 347 g/mol. The fourth-order valence-corrected chi connectivity index (χ4v) is 2.58. The zero-order chi connectivity index (χ0) is 15.1. The summed E-state index contributed by atoms with van der Waals surface area (Å²) in [6, 6.07) is 17.0. The number of rotatable bonds is 7. The van der Waals surface area contributed by atoms with Crippen molar-refractivity contribution in [2.75, 3.05) is 6.54 Å². The van der Waals surface area contributed by atoms with Crippen molar-refractivity contribution in [1.29, 1.82) is 0 Å². The van der Waals surface area contributed by atoms with Crippen LogP contribution < -0.4 is 10.1 Å². The van der Waals surface area contributed by atoms with E-state index in [2.05, 4.69) is 65.4 Å². The molecule has 1 unspecified atom stereocenters. The molecule has 2 aromatic rings. The highest BCUT2D eigenvalue weighted by atomic mass is 79.9. The molecule has 1 N–H and O–H groups in total. The van der Waals surface area contributed by atoms with Gasteiger partial charge in [-0.15, -0.1) is 0 Å². The lowest BCUT2D eigenvalue weighted by Crippen LogP contribution is -2.19. The van der Waals surface area contributed by atoms with Crippen LogP contribution in [0, 0.1) is 0 Å². The highest BCUT2D eigenvalue weighted by Crippen LogP contribution is 2.22. The number of hydrogen-bond acceptors (Lipinski definition) is 2. The van der Waals surface area contributed by atoms with Gasteiger partial charge in [0.1, 0.15) is 12.4 Å². The van der Waals surface area contributed by atoms with Gasteiger partial charge in [-0.3, -0.25) is 0 Å². The molecular weight excluding hydrogens is 326 g/mol. The Balaban J connectivity index is 2.02. The van der Waals surface area contributed by atoms with Crippen LogP contribution in [0.3, 0.4) is 0 Å². The molecule has 0 heterocycles. The Morgan fingerprint density at radius 3 is 2.52 bits per heavy atom. The van der Waals surface area contributed by atoms with E-state index in [0.29, 0.717) is 12.6 Å². The molecule has 0 aliphatic heterocycles. The fraction of sp³-hybridized carbons (Fsp3) is 0.333. The first-order chi connectivity index (χ1) is 10.2. The third-order valence-corrected chi connectivity index (χ3v) is 3.97. The maximum atomic E-state index is 5.90. The highest BCUT2D eigenvalue weighted by Gasteiger charge is 2.08. The highest BCUT2D eigenvalue weighted by molar-refractivity contribution is 9.10. The van der Waals surface area contributed by atoms with Crippen molar-refractivity contribution in [3.05, 3.63) is 64.1 Å². The van der Waals surface area contributed by atoms with Crippen molar-refractivity contribution >= 4 is 15.9 Å². The first-order valence-corrected chi connectivity index (χ1v) is 8.22. The van der Waals surface area contributed by atoms with Crippen LogP contribution in [0.5, 0.6) is 5.75 Å². The van der Waals surface area contributed by atoms with E-state index < -0.39 is 0 Å². The number of ether oxygens (including phenoxy) is 1. The van der Waals surface area contributed by atoms with Crippen LogP contribution >= 0.6 is 15.9 Å². The number of hydrogen-bond donors (Lipinski definition) is 1. The molecule has 21 heavy (non-hydrogen) atoms. The van der Waals surface area contributed by atoms with Gasteiger partial charge in [-0.1, -0.05) is 54.0 Å². The Labute approximate surface area is 135 Å². The number of nitrogens with one attached hydrogen (secondary N) is 1. The molecule has 3 heteroatoms. The van der Waals surface area contributed by atoms with E-state index in [4.69, 9.17) is 4.74 Å². The Bertz CT molecular complexity index is 553. The van der Waals surface area contributed by atoms with Gasteiger partial charge >= 0.3 is 0 Å². The second kappa shape index (κ2) is 8.20. The van der Waals surface area contributed by atoms with Crippen molar-refractivity contribution in [3.63, 3.8) is 0 Å². The average Bonchev–Trinajstić information content (AvgIpc) is 2.52. The van der Waals surface area contributed by atoms with E-state index in [0.717, 1.165) is 23.2 Å². The van der Waals surface area contributed by atoms with Crippen LogP contribution in [-0.4, -0.2) is 6.54 Å². The topological polar surface area (TPSA) is 21.3 Å². The summed E-state index contributed by atoms with van der Waals surface area (Å²) >= 11 is 3.44. The lowest BCUT2D eigenvalue weighted by atomic mass is 10.0. The van der Waals surface area contributed by atoms with E-state index in [9.17, 15) is 0 Å². The smallest absolute Gasteiger partial charge is 0.120 e. The zero-order valence-corrected chi connectivity index (χ0v) is 14.2. The van der Waals surface area contributed by atoms with E-state index in [1.807, 2.05) is 18.2 Å². The predicted molar refractivity (Wildman–Crippen MR) is 91.6 cm³/mol. The molecule has 0 spiro atoms. The van der Waals surface area contributed by atoms with E-state index in [1.165, 1.54) is 11.1 Å². The van der Waals surface area contributed by atoms with Crippen molar-refractivity contribution in [2.45, 2.75) is 32.9 Å². The minimum absolute atomic E-state index is 0.395. The van der Waals surface area contributed by atoms with Crippen LogP contribution in [0.2, 0.25) is 0 Å². The summed E-state index contributed by atoms with van der Waals surface area (Å²) in [6.45, 7) is 5.90. The van der Waals surface area contributed by atoms with Crippen LogP contribution in [-0.2, 0) is 6.61 Å². The molecule has 0 aromatic heterocycles. The lowest BCUT2D eigenvalue weighted by molar-refractivity contribution is 0.305. The molecule has 0 aliphatic carbocycles. The zero-order valence-electron chi connectivity index (χ0n) is 12.6. The summed E-state index contributed by atoms with van der Waals surface area (Å²) in [7, 11) is 0. The van der Waals surface area contributed by atoms with Gasteiger partial charge < -0.3 is 10.1 Å². The Hall–Kier alpha value is -1.32. The van der Waals surface area contributed by atoms with Gasteiger partial charge in [0, 0.05) is 10.5 Å².